The number of hydrogen-bond donors (Lipinski definition) is 0. The Morgan fingerprint density at radius 3 is 2.60 bits per heavy atom. The summed E-state index contributed by atoms with van der Waals surface area (Å²) < 4.78 is 5.94. The van der Waals surface area contributed by atoms with Crippen molar-refractivity contribution in [2.75, 3.05) is 7.11 Å². The summed E-state index contributed by atoms with van der Waals surface area (Å²) in [5, 5.41) is -0.00468. The molecule has 0 amide bonds. The first-order valence-electron chi connectivity index (χ1n) is 7.74. The lowest BCUT2D eigenvalue weighted by molar-refractivity contribution is -0.107. The summed E-state index contributed by atoms with van der Waals surface area (Å²) in [6.45, 7) is 0. The van der Waals surface area contributed by atoms with E-state index >= 15 is 0 Å². The number of aliphatic imine (C=N–C) groups is 1. The Kier molecular flexibility index (Phi) is 6.14. The Balaban J connectivity index is 1.60. The van der Waals surface area contributed by atoms with Crippen LogP contribution in [0, 0.1) is 0 Å². The van der Waals surface area contributed by atoms with Crippen LogP contribution < -0.4 is 4.74 Å². The molecule has 1 aliphatic heterocycles. The molecule has 1 heterocycles. The first kappa shape index (κ1) is 17.6. The number of thioether (sulfide) groups is 2. The minimum Gasteiger partial charge on any atom is -0.497 e. The fourth-order valence-electron chi connectivity index (χ4n) is 2.15. The third kappa shape index (κ3) is 5.11. The fourth-order valence-corrected chi connectivity index (χ4v) is 3.96. The lowest BCUT2D eigenvalue weighted by Crippen LogP contribution is -1.87. The summed E-state index contributed by atoms with van der Waals surface area (Å²) in [6, 6.07) is 17.9. The van der Waals surface area contributed by atoms with Gasteiger partial charge in [-0.05, 0) is 41.1 Å². The van der Waals surface area contributed by atoms with E-state index in [1.165, 1.54) is 17.3 Å². The molecule has 0 fully saturated rings. The number of benzene rings is 2. The quantitative estimate of drug-likeness (QED) is 0.685. The summed E-state index contributed by atoms with van der Waals surface area (Å²) in [6.07, 6.45) is 5.55. The van der Waals surface area contributed by atoms with E-state index in [4.69, 9.17) is 4.74 Å². The summed E-state index contributed by atoms with van der Waals surface area (Å²) >= 11 is 2.79. The maximum absolute atomic E-state index is 12.0. The van der Waals surface area contributed by atoms with Crippen molar-refractivity contribution in [2.24, 2.45) is 4.99 Å². The van der Waals surface area contributed by atoms with E-state index in [0.29, 0.717) is 5.70 Å². The van der Waals surface area contributed by atoms with Gasteiger partial charge in [-0.3, -0.25) is 4.79 Å². The number of ether oxygens (including phenoxy) is 1. The lowest BCUT2D eigenvalue weighted by atomic mass is 10.2. The molecule has 0 radical (unpaired) electrons. The Hall–Kier alpha value is -2.24. The van der Waals surface area contributed by atoms with Crippen LogP contribution >= 0.6 is 23.5 Å². The Labute approximate surface area is 155 Å². The standard InChI is InChI=1S/C20H17NO2S2/c1-23-17-12-10-15(11-13-17)8-5-9-18-19(22)25-20(21-18)24-14-16-6-3-2-4-7-16/h2-13H,14H2,1H3. The Bertz CT molecular complexity index is 825. The van der Waals surface area contributed by atoms with E-state index in [0.717, 1.165) is 21.4 Å². The summed E-state index contributed by atoms with van der Waals surface area (Å²) in [4.78, 5) is 16.5. The van der Waals surface area contributed by atoms with Gasteiger partial charge in [0.15, 0.2) is 0 Å². The van der Waals surface area contributed by atoms with Crippen molar-refractivity contribution >= 4 is 39.1 Å². The van der Waals surface area contributed by atoms with Crippen LogP contribution in [0.2, 0.25) is 0 Å². The number of hydrogen-bond acceptors (Lipinski definition) is 5. The number of carbonyl (C=O) groups is 1. The van der Waals surface area contributed by atoms with Gasteiger partial charge in [-0.25, -0.2) is 4.99 Å². The van der Waals surface area contributed by atoms with Gasteiger partial charge in [0.1, 0.15) is 15.8 Å². The minimum atomic E-state index is -0.00468. The first-order chi connectivity index (χ1) is 12.2. The summed E-state index contributed by atoms with van der Waals surface area (Å²) in [5.74, 6) is 1.64. The van der Waals surface area contributed by atoms with Crippen LogP contribution in [0.15, 0.2) is 77.4 Å². The van der Waals surface area contributed by atoms with Crippen LogP contribution in [0.3, 0.4) is 0 Å². The van der Waals surface area contributed by atoms with E-state index < -0.39 is 0 Å². The molecule has 0 saturated carbocycles. The second-order valence-electron chi connectivity index (χ2n) is 5.23. The molecule has 1 aliphatic rings. The zero-order valence-electron chi connectivity index (χ0n) is 13.7. The molecule has 0 aromatic heterocycles. The number of carbonyl (C=O) groups excluding carboxylic acids is 1. The van der Waals surface area contributed by atoms with Gasteiger partial charge in [-0.2, -0.15) is 0 Å². The van der Waals surface area contributed by atoms with Crippen LogP contribution in [-0.2, 0) is 10.5 Å². The monoisotopic (exact) mass is 367 g/mol. The molecule has 0 aliphatic carbocycles. The highest BCUT2D eigenvalue weighted by molar-refractivity contribution is 8.45. The van der Waals surface area contributed by atoms with E-state index in [9.17, 15) is 4.79 Å². The molecule has 0 spiro atoms. The Morgan fingerprint density at radius 1 is 1.12 bits per heavy atom. The molecule has 5 heteroatoms. The molecule has 3 nitrogen and oxygen atoms in total. The molecule has 2 aromatic rings. The van der Waals surface area contributed by atoms with Gasteiger partial charge in [-0.1, -0.05) is 66.4 Å². The highest BCUT2D eigenvalue weighted by Gasteiger charge is 2.21. The van der Waals surface area contributed by atoms with Crippen LogP contribution in [-0.4, -0.2) is 16.6 Å². The van der Waals surface area contributed by atoms with Crippen LogP contribution in [0.25, 0.3) is 6.08 Å². The average Bonchev–Trinajstić information content (AvgIpc) is 3.01. The van der Waals surface area contributed by atoms with Gasteiger partial charge in [0, 0.05) is 5.75 Å². The van der Waals surface area contributed by atoms with Crippen molar-refractivity contribution in [1.82, 2.24) is 0 Å². The number of allylic oxidation sites excluding steroid dienone is 2. The number of methoxy groups -OCH3 is 1. The van der Waals surface area contributed by atoms with Gasteiger partial charge >= 0.3 is 0 Å². The molecule has 0 atom stereocenters. The molecular formula is C20H17NO2S2. The predicted molar refractivity (Wildman–Crippen MR) is 108 cm³/mol. The highest BCUT2D eigenvalue weighted by Crippen LogP contribution is 2.31. The van der Waals surface area contributed by atoms with Gasteiger partial charge in [0.2, 0.25) is 5.12 Å². The van der Waals surface area contributed by atoms with Crippen LogP contribution in [0.5, 0.6) is 5.75 Å². The number of nitrogens with zero attached hydrogens (tertiary/aromatic N) is 1. The molecule has 3 rings (SSSR count). The van der Waals surface area contributed by atoms with Crippen LogP contribution in [0.1, 0.15) is 11.1 Å². The lowest BCUT2D eigenvalue weighted by Gasteiger charge is -1.98. The molecule has 0 N–H and O–H groups in total. The third-order valence-electron chi connectivity index (χ3n) is 3.46. The van der Waals surface area contributed by atoms with Crippen molar-refractivity contribution in [3.05, 3.63) is 83.6 Å². The predicted octanol–water partition coefficient (Wildman–Crippen LogP) is 5.16. The fraction of sp³-hybridized carbons (Fsp3) is 0.100. The van der Waals surface area contributed by atoms with Gasteiger partial charge in [-0.15, -0.1) is 0 Å². The summed E-state index contributed by atoms with van der Waals surface area (Å²) in [7, 11) is 1.64. The first-order valence-corrected chi connectivity index (χ1v) is 9.55. The topological polar surface area (TPSA) is 38.7 Å². The normalized spacial score (nSPS) is 15.8. The minimum absolute atomic E-state index is 0.00468. The molecule has 0 saturated heterocycles. The zero-order valence-corrected chi connectivity index (χ0v) is 15.3. The van der Waals surface area contributed by atoms with E-state index in [1.807, 2.05) is 54.6 Å². The second kappa shape index (κ2) is 8.74. The van der Waals surface area contributed by atoms with Crippen molar-refractivity contribution in [1.29, 1.82) is 0 Å². The highest BCUT2D eigenvalue weighted by atomic mass is 32.2. The SMILES string of the molecule is COc1ccc(C=CC=C2N=C(SCc3ccccc3)SC2=O)cc1. The smallest absolute Gasteiger partial charge is 0.244 e. The van der Waals surface area contributed by atoms with E-state index in [-0.39, 0.29) is 5.12 Å². The van der Waals surface area contributed by atoms with E-state index in [2.05, 4.69) is 17.1 Å². The van der Waals surface area contributed by atoms with Crippen molar-refractivity contribution < 1.29 is 9.53 Å². The average molecular weight is 367 g/mol. The maximum atomic E-state index is 12.0. The molecule has 0 bridgehead atoms. The maximum Gasteiger partial charge on any atom is 0.244 e. The molecule has 126 valence electrons. The van der Waals surface area contributed by atoms with Gasteiger partial charge in [0.25, 0.3) is 0 Å². The van der Waals surface area contributed by atoms with E-state index in [1.54, 1.807) is 24.9 Å². The largest absolute Gasteiger partial charge is 0.497 e. The molecule has 2 aromatic carbocycles. The molecule has 25 heavy (non-hydrogen) atoms. The van der Waals surface area contributed by atoms with Crippen molar-refractivity contribution in [3.63, 3.8) is 0 Å². The Morgan fingerprint density at radius 2 is 1.88 bits per heavy atom. The molecular weight excluding hydrogens is 350 g/mol. The third-order valence-corrected chi connectivity index (χ3v) is 5.54. The number of rotatable bonds is 5. The van der Waals surface area contributed by atoms with Crippen molar-refractivity contribution in [2.45, 2.75) is 5.75 Å². The zero-order chi connectivity index (χ0) is 17.5. The van der Waals surface area contributed by atoms with Crippen LogP contribution in [0.4, 0.5) is 0 Å². The summed E-state index contributed by atoms with van der Waals surface area (Å²) in [5.41, 5.74) is 2.75. The molecule has 0 unspecified atom stereocenters. The second-order valence-corrected chi connectivity index (χ2v) is 7.41. The van der Waals surface area contributed by atoms with Gasteiger partial charge in [0.05, 0.1) is 7.11 Å². The van der Waals surface area contributed by atoms with Crippen molar-refractivity contribution in [3.8, 4) is 5.75 Å². The van der Waals surface area contributed by atoms with Gasteiger partial charge < -0.3 is 4.74 Å².